The molecule has 0 fully saturated rings. The summed E-state index contributed by atoms with van der Waals surface area (Å²) >= 11 is 6.00. The normalized spacial score (nSPS) is 9.90. The van der Waals surface area contributed by atoms with Crippen LogP contribution in [0.25, 0.3) is 0 Å². The van der Waals surface area contributed by atoms with Crippen molar-refractivity contribution in [2.45, 2.75) is 6.92 Å². The molecule has 0 aliphatic rings. The summed E-state index contributed by atoms with van der Waals surface area (Å²) in [5.74, 6) is -0.981. The molecule has 5 heteroatoms. The van der Waals surface area contributed by atoms with Crippen molar-refractivity contribution in [2.75, 3.05) is 5.32 Å². The van der Waals surface area contributed by atoms with Crippen molar-refractivity contribution in [3.8, 4) is 6.07 Å². The Morgan fingerprint density at radius 2 is 2.05 bits per heavy atom. The SMILES string of the molecule is Cc1ccc(C(=O)Nc2ccc(F)cc2C#N)c(Cl)c1. The highest BCUT2D eigenvalue weighted by molar-refractivity contribution is 6.34. The van der Waals surface area contributed by atoms with Crippen molar-refractivity contribution in [2.24, 2.45) is 0 Å². The largest absolute Gasteiger partial charge is 0.321 e. The highest BCUT2D eigenvalue weighted by atomic mass is 35.5. The highest BCUT2D eigenvalue weighted by Crippen LogP contribution is 2.21. The summed E-state index contributed by atoms with van der Waals surface area (Å²) in [5, 5.41) is 11.8. The van der Waals surface area contributed by atoms with E-state index in [1.54, 1.807) is 18.2 Å². The molecule has 0 saturated carbocycles. The third-order valence-corrected chi connectivity index (χ3v) is 3.03. The lowest BCUT2D eigenvalue weighted by Gasteiger charge is -2.08. The molecule has 0 saturated heterocycles. The molecule has 3 nitrogen and oxygen atoms in total. The van der Waals surface area contributed by atoms with E-state index in [2.05, 4.69) is 5.32 Å². The predicted octanol–water partition coefficient (Wildman–Crippen LogP) is 3.91. The molecular formula is C15H10ClFN2O. The first kappa shape index (κ1) is 14.0. The summed E-state index contributed by atoms with van der Waals surface area (Å²) in [6.45, 7) is 1.86. The standard InChI is InChI=1S/C15H10ClFN2O/c1-9-2-4-12(13(16)6-9)15(20)19-14-5-3-11(17)7-10(14)8-18/h2-7H,1H3,(H,19,20). The number of carbonyl (C=O) groups is 1. The van der Waals surface area contributed by atoms with Crippen LogP contribution >= 0.6 is 11.6 Å². The van der Waals surface area contributed by atoms with Gasteiger partial charge in [-0.1, -0.05) is 17.7 Å². The van der Waals surface area contributed by atoms with Gasteiger partial charge >= 0.3 is 0 Å². The molecule has 0 aliphatic carbocycles. The molecule has 0 heterocycles. The number of aryl methyl sites for hydroxylation is 1. The minimum absolute atomic E-state index is 0.0570. The van der Waals surface area contributed by atoms with Gasteiger partial charge in [-0.2, -0.15) is 5.26 Å². The van der Waals surface area contributed by atoms with Crippen LogP contribution in [0.1, 0.15) is 21.5 Å². The fourth-order valence-electron chi connectivity index (χ4n) is 1.71. The van der Waals surface area contributed by atoms with Crippen LogP contribution in [-0.4, -0.2) is 5.91 Å². The van der Waals surface area contributed by atoms with Gasteiger partial charge in [-0.3, -0.25) is 4.79 Å². The number of hydrogen-bond acceptors (Lipinski definition) is 2. The Labute approximate surface area is 120 Å². The second kappa shape index (κ2) is 5.72. The van der Waals surface area contributed by atoms with Crippen molar-refractivity contribution >= 4 is 23.2 Å². The first-order chi connectivity index (χ1) is 9.51. The summed E-state index contributed by atoms with van der Waals surface area (Å²) in [4.78, 5) is 12.1. The summed E-state index contributed by atoms with van der Waals surface area (Å²) in [7, 11) is 0. The van der Waals surface area contributed by atoms with Gasteiger partial charge in [0.15, 0.2) is 0 Å². The molecule has 0 aromatic heterocycles. The first-order valence-corrected chi connectivity index (χ1v) is 6.16. The van der Waals surface area contributed by atoms with Gasteiger partial charge in [0.2, 0.25) is 0 Å². The Morgan fingerprint density at radius 3 is 2.70 bits per heavy atom. The maximum absolute atomic E-state index is 13.0. The molecule has 0 unspecified atom stereocenters. The molecule has 0 atom stereocenters. The molecule has 0 radical (unpaired) electrons. The number of carbonyl (C=O) groups excluding carboxylic acids is 1. The number of nitrogens with one attached hydrogen (secondary N) is 1. The van der Waals surface area contributed by atoms with E-state index in [9.17, 15) is 9.18 Å². The van der Waals surface area contributed by atoms with Gasteiger partial charge in [-0.15, -0.1) is 0 Å². The van der Waals surface area contributed by atoms with Crippen LogP contribution in [0, 0.1) is 24.1 Å². The minimum Gasteiger partial charge on any atom is -0.321 e. The highest BCUT2D eigenvalue weighted by Gasteiger charge is 2.13. The molecule has 2 rings (SSSR count). The lowest BCUT2D eigenvalue weighted by atomic mass is 10.1. The van der Waals surface area contributed by atoms with Crippen molar-refractivity contribution in [1.82, 2.24) is 0 Å². The zero-order valence-electron chi connectivity index (χ0n) is 10.6. The van der Waals surface area contributed by atoms with Crippen LogP contribution in [0.15, 0.2) is 36.4 Å². The zero-order valence-corrected chi connectivity index (χ0v) is 11.3. The summed E-state index contributed by atoms with van der Waals surface area (Å²) in [6, 6.07) is 10.4. The zero-order chi connectivity index (χ0) is 14.7. The molecule has 0 bridgehead atoms. The van der Waals surface area contributed by atoms with Crippen LogP contribution in [0.4, 0.5) is 10.1 Å². The van der Waals surface area contributed by atoms with Crippen LogP contribution in [0.3, 0.4) is 0 Å². The number of benzene rings is 2. The van der Waals surface area contributed by atoms with Crippen LogP contribution in [0.5, 0.6) is 0 Å². The van der Waals surface area contributed by atoms with E-state index in [1.807, 2.05) is 13.0 Å². The van der Waals surface area contributed by atoms with E-state index in [0.717, 1.165) is 11.6 Å². The number of nitrogens with zero attached hydrogens (tertiary/aromatic N) is 1. The van der Waals surface area contributed by atoms with E-state index in [-0.39, 0.29) is 11.3 Å². The van der Waals surface area contributed by atoms with Crippen LogP contribution in [-0.2, 0) is 0 Å². The predicted molar refractivity (Wildman–Crippen MR) is 75.3 cm³/mol. The summed E-state index contributed by atoms with van der Waals surface area (Å²) in [6.07, 6.45) is 0. The lowest BCUT2D eigenvalue weighted by molar-refractivity contribution is 0.102. The molecule has 20 heavy (non-hydrogen) atoms. The van der Waals surface area contributed by atoms with E-state index >= 15 is 0 Å². The Balaban J connectivity index is 2.31. The number of nitriles is 1. The molecule has 0 aliphatic heterocycles. The number of halogens is 2. The average Bonchev–Trinajstić information content (AvgIpc) is 2.40. The van der Waals surface area contributed by atoms with Gasteiger partial charge < -0.3 is 5.32 Å². The second-order valence-corrected chi connectivity index (χ2v) is 4.65. The van der Waals surface area contributed by atoms with E-state index in [4.69, 9.17) is 16.9 Å². The Hall–Kier alpha value is -2.38. The monoisotopic (exact) mass is 288 g/mol. The fourth-order valence-corrected chi connectivity index (χ4v) is 2.03. The Kier molecular flexibility index (Phi) is 4.02. The van der Waals surface area contributed by atoms with Crippen molar-refractivity contribution < 1.29 is 9.18 Å². The van der Waals surface area contributed by atoms with E-state index in [0.29, 0.717) is 10.6 Å². The third-order valence-electron chi connectivity index (χ3n) is 2.72. The van der Waals surface area contributed by atoms with Gasteiger partial charge in [-0.25, -0.2) is 4.39 Å². The van der Waals surface area contributed by atoms with E-state index < -0.39 is 11.7 Å². The Bertz CT molecular complexity index is 722. The molecule has 1 amide bonds. The van der Waals surface area contributed by atoms with Crippen LogP contribution in [0.2, 0.25) is 5.02 Å². The van der Waals surface area contributed by atoms with Gasteiger partial charge in [-0.05, 0) is 42.8 Å². The topological polar surface area (TPSA) is 52.9 Å². The van der Waals surface area contributed by atoms with Crippen molar-refractivity contribution in [3.63, 3.8) is 0 Å². The molecule has 100 valence electrons. The molecule has 2 aromatic carbocycles. The van der Waals surface area contributed by atoms with Gasteiger partial charge in [0.25, 0.3) is 5.91 Å². The molecule has 1 N–H and O–H groups in total. The number of hydrogen-bond donors (Lipinski definition) is 1. The average molecular weight is 289 g/mol. The van der Waals surface area contributed by atoms with Crippen molar-refractivity contribution in [3.05, 3.63) is 63.9 Å². The second-order valence-electron chi connectivity index (χ2n) is 4.24. The molecule has 0 spiro atoms. The third kappa shape index (κ3) is 2.95. The quantitative estimate of drug-likeness (QED) is 0.911. The van der Waals surface area contributed by atoms with Gasteiger partial charge in [0.05, 0.1) is 21.8 Å². The van der Waals surface area contributed by atoms with E-state index in [1.165, 1.54) is 12.1 Å². The maximum atomic E-state index is 13.0. The number of anilines is 1. The van der Waals surface area contributed by atoms with Crippen LogP contribution < -0.4 is 5.32 Å². The lowest BCUT2D eigenvalue weighted by Crippen LogP contribution is -2.13. The molecule has 2 aromatic rings. The number of amides is 1. The number of rotatable bonds is 2. The summed E-state index contributed by atoms with van der Waals surface area (Å²) in [5.41, 5.74) is 1.54. The minimum atomic E-state index is -0.534. The van der Waals surface area contributed by atoms with Crippen molar-refractivity contribution in [1.29, 1.82) is 5.26 Å². The Morgan fingerprint density at radius 1 is 1.30 bits per heavy atom. The maximum Gasteiger partial charge on any atom is 0.257 e. The van der Waals surface area contributed by atoms with Gasteiger partial charge in [0.1, 0.15) is 11.9 Å². The van der Waals surface area contributed by atoms with Gasteiger partial charge in [0, 0.05) is 0 Å². The summed E-state index contributed by atoms with van der Waals surface area (Å²) < 4.78 is 13.0. The fraction of sp³-hybridized carbons (Fsp3) is 0.0667. The smallest absolute Gasteiger partial charge is 0.257 e. The molecular weight excluding hydrogens is 279 g/mol. The first-order valence-electron chi connectivity index (χ1n) is 5.78.